The lowest BCUT2D eigenvalue weighted by Crippen LogP contribution is -2.29. The van der Waals surface area contributed by atoms with Gasteiger partial charge in [-0.15, -0.1) is 0 Å². The molecule has 0 aliphatic rings. The van der Waals surface area contributed by atoms with Crippen molar-refractivity contribution in [3.63, 3.8) is 0 Å². The summed E-state index contributed by atoms with van der Waals surface area (Å²) in [7, 11) is -0.101. The van der Waals surface area contributed by atoms with Crippen LogP contribution in [0.25, 0.3) is 11.4 Å². The quantitative estimate of drug-likeness (QED) is 0.842. The number of carbonyl (C=O) groups is 1. The van der Waals surface area contributed by atoms with Gasteiger partial charge in [-0.05, 0) is 38.1 Å². The van der Waals surface area contributed by atoms with E-state index in [1.54, 1.807) is 52.2 Å². The molecule has 0 aliphatic carbocycles. The summed E-state index contributed by atoms with van der Waals surface area (Å²) in [5.74, 6) is 0.508. The number of carbonyl (C=O) groups excluding carboxylic acids is 1. The second kappa shape index (κ2) is 6.91. The number of nitrogens with one attached hydrogen (secondary N) is 1. The van der Waals surface area contributed by atoms with Crippen molar-refractivity contribution < 1.29 is 13.2 Å². The standard InChI is InChI=1S/C17H23N5O3S/c1-17(2,26(5,24)25)13-10-14(18)21-15(20-13)11-6-8-12(9-7-11)19-16(23)22(3)4/h6-10H,1-5H3,(H,19,23)(H2,18,20,21). The van der Waals surface area contributed by atoms with Crippen LogP contribution in [0.4, 0.5) is 16.3 Å². The Morgan fingerprint density at radius 3 is 2.23 bits per heavy atom. The van der Waals surface area contributed by atoms with Crippen molar-refractivity contribution in [1.29, 1.82) is 0 Å². The van der Waals surface area contributed by atoms with Crippen LogP contribution >= 0.6 is 0 Å². The van der Waals surface area contributed by atoms with Crippen LogP contribution in [-0.4, -0.2) is 49.7 Å². The summed E-state index contributed by atoms with van der Waals surface area (Å²) in [6.45, 7) is 3.15. The zero-order valence-corrected chi connectivity index (χ0v) is 16.3. The van der Waals surface area contributed by atoms with Gasteiger partial charge in [-0.25, -0.2) is 23.2 Å². The summed E-state index contributed by atoms with van der Waals surface area (Å²) in [5, 5.41) is 2.73. The molecule has 0 saturated heterocycles. The number of nitrogen functional groups attached to an aromatic ring is 1. The van der Waals surface area contributed by atoms with Crippen LogP contribution in [0.3, 0.4) is 0 Å². The van der Waals surface area contributed by atoms with Gasteiger partial charge in [-0.1, -0.05) is 0 Å². The molecule has 140 valence electrons. The molecule has 0 radical (unpaired) electrons. The number of nitrogens with two attached hydrogens (primary N) is 1. The molecule has 0 bridgehead atoms. The molecule has 0 fully saturated rings. The van der Waals surface area contributed by atoms with E-state index in [1.165, 1.54) is 11.0 Å². The fourth-order valence-electron chi connectivity index (χ4n) is 2.03. The Hall–Kier alpha value is -2.68. The maximum Gasteiger partial charge on any atom is 0.321 e. The van der Waals surface area contributed by atoms with Crippen molar-refractivity contribution >= 4 is 27.4 Å². The SMILES string of the molecule is CN(C)C(=O)Nc1ccc(-c2nc(N)cc(C(C)(C)S(C)(=O)=O)n2)cc1. The van der Waals surface area contributed by atoms with Gasteiger partial charge in [0.15, 0.2) is 15.7 Å². The van der Waals surface area contributed by atoms with Crippen molar-refractivity contribution in [1.82, 2.24) is 14.9 Å². The molecule has 26 heavy (non-hydrogen) atoms. The fraction of sp³-hybridized carbons (Fsp3) is 0.353. The van der Waals surface area contributed by atoms with Gasteiger partial charge >= 0.3 is 6.03 Å². The first-order valence-corrected chi connectivity index (χ1v) is 9.74. The summed E-state index contributed by atoms with van der Waals surface area (Å²) in [4.78, 5) is 21.7. The molecule has 1 heterocycles. The van der Waals surface area contributed by atoms with Crippen molar-refractivity contribution in [3.8, 4) is 11.4 Å². The Morgan fingerprint density at radius 2 is 1.73 bits per heavy atom. The Bertz CT molecular complexity index is 922. The van der Waals surface area contributed by atoms with Gasteiger partial charge in [-0.3, -0.25) is 0 Å². The number of benzene rings is 1. The smallest absolute Gasteiger partial charge is 0.321 e. The minimum absolute atomic E-state index is 0.187. The predicted molar refractivity (Wildman–Crippen MR) is 102 cm³/mol. The third kappa shape index (κ3) is 4.10. The largest absolute Gasteiger partial charge is 0.384 e. The monoisotopic (exact) mass is 377 g/mol. The minimum atomic E-state index is -3.40. The predicted octanol–water partition coefficient (Wildman–Crippen LogP) is 2.10. The normalized spacial score (nSPS) is 11.9. The van der Waals surface area contributed by atoms with E-state index in [4.69, 9.17) is 5.73 Å². The van der Waals surface area contributed by atoms with E-state index >= 15 is 0 Å². The van der Waals surface area contributed by atoms with Crippen LogP contribution in [0.1, 0.15) is 19.5 Å². The molecule has 0 spiro atoms. The number of urea groups is 1. The Morgan fingerprint density at radius 1 is 1.15 bits per heavy atom. The highest BCUT2D eigenvalue weighted by atomic mass is 32.2. The van der Waals surface area contributed by atoms with Gasteiger partial charge in [0.1, 0.15) is 10.6 Å². The number of hydrogen-bond donors (Lipinski definition) is 2. The number of sulfone groups is 1. The van der Waals surface area contributed by atoms with Crippen molar-refractivity contribution in [3.05, 3.63) is 36.0 Å². The van der Waals surface area contributed by atoms with Gasteiger partial charge in [0.25, 0.3) is 0 Å². The van der Waals surface area contributed by atoms with Gasteiger partial charge in [-0.2, -0.15) is 0 Å². The second-order valence-electron chi connectivity index (χ2n) is 6.69. The molecule has 1 aromatic carbocycles. The summed E-state index contributed by atoms with van der Waals surface area (Å²) < 4.78 is 22.9. The summed E-state index contributed by atoms with van der Waals surface area (Å²) >= 11 is 0. The molecule has 2 aromatic rings. The number of aromatic nitrogens is 2. The van der Waals surface area contributed by atoms with Gasteiger partial charge < -0.3 is 16.0 Å². The molecular weight excluding hydrogens is 354 g/mol. The third-order valence-electron chi connectivity index (χ3n) is 4.09. The highest BCUT2D eigenvalue weighted by Gasteiger charge is 2.34. The molecule has 2 rings (SSSR count). The molecule has 3 N–H and O–H groups in total. The molecule has 0 unspecified atom stereocenters. The number of nitrogens with zero attached hydrogens (tertiary/aromatic N) is 3. The first-order valence-electron chi connectivity index (χ1n) is 7.85. The van der Waals surface area contributed by atoms with Crippen LogP contribution in [0.15, 0.2) is 30.3 Å². The maximum atomic E-state index is 12.1. The lowest BCUT2D eigenvalue weighted by molar-refractivity contribution is 0.230. The first-order chi connectivity index (χ1) is 11.9. The summed E-state index contributed by atoms with van der Waals surface area (Å²) in [5.41, 5.74) is 7.46. The molecule has 1 aromatic heterocycles. The maximum absolute atomic E-state index is 12.1. The van der Waals surface area contributed by atoms with E-state index in [-0.39, 0.29) is 11.8 Å². The molecule has 0 saturated carbocycles. The summed E-state index contributed by atoms with van der Waals surface area (Å²) in [6, 6.07) is 8.12. The molecule has 9 heteroatoms. The van der Waals surface area contributed by atoms with Crippen LogP contribution in [0.2, 0.25) is 0 Å². The van der Waals surface area contributed by atoms with Gasteiger partial charge in [0.05, 0.1) is 5.69 Å². The van der Waals surface area contributed by atoms with Crippen molar-refractivity contribution in [2.24, 2.45) is 0 Å². The van der Waals surface area contributed by atoms with E-state index in [0.717, 1.165) is 6.26 Å². The molecule has 2 amide bonds. The molecular formula is C17H23N5O3S. The van der Waals surface area contributed by atoms with Gasteiger partial charge in [0, 0.05) is 37.7 Å². The minimum Gasteiger partial charge on any atom is -0.384 e. The lowest BCUT2D eigenvalue weighted by Gasteiger charge is -2.22. The van der Waals surface area contributed by atoms with Crippen molar-refractivity contribution in [2.45, 2.75) is 18.6 Å². The zero-order valence-electron chi connectivity index (χ0n) is 15.4. The second-order valence-corrected chi connectivity index (χ2v) is 9.25. The first kappa shape index (κ1) is 19.6. The Kier molecular flexibility index (Phi) is 5.22. The highest BCUT2D eigenvalue weighted by Crippen LogP contribution is 2.30. The van der Waals surface area contributed by atoms with E-state index in [0.29, 0.717) is 22.8 Å². The molecule has 8 nitrogen and oxygen atoms in total. The lowest BCUT2D eigenvalue weighted by atomic mass is 10.1. The van der Waals surface area contributed by atoms with Crippen LogP contribution in [0.5, 0.6) is 0 Å². The summed E-state index contributed by atoms with van der Waals surface area (Å²) in [6.07, 6.45) is 1.16. The average molecular weight is 377 g/mol. The van der Waals surface area contributed by atoms with Crippen LogP contribution < -0.4 is 11.1 Å². The molecule has 0 aliphatic heterocycles. The molecule has 0 atom stereocenters. The number of hydrogen-bond acceptors (Lipinski definition) is 6. The highest BCUT2D eigenvalue weighted by molar-refractivity contribution is 7.91. The Labute approximate surface area is 153 Å². The van der Waals surface area contributed by atoms with Crippen molar-refractivity contribution in [2.75, 3.05) is 31.4 Å². The van der Waals surface area contributed by atoms with E-state index in [2.05, 4.69) is 15.3 Å². The number of anilines is 2. The number of amides is 2. The zero-order chi connectivity index (χ0) is 19.7. The fourth-order valence-corrected chi connectivity index (χ4v) is 2.52. The van der Waals surface area contributed by atoms with Crippen LogP contribution in [0, 0.1) is 0 Å². The van der Waals surface area contributed by atoms with Crippen LogP contribution in [-0.2, 0) is 14.6 Å². The Balaban J connectivity index is 2.39. The number of rotatable bonds is 4. The average Bonchev–Trinajstić information content (AvgIpc) is 2.53. The van der Waals surface area contributed by atoms with E-state index in [9.17, 15) is 13.2 Å². The third-order valence-corrected chi connectivity index (χ3v) is 6.15. The topological polar surface area (TPSA) is 118 Å². The van der Waals surface area contributed by atoms with E-state index in [1.807, 2.05) is 0 Å². The van der Waals surface area contributed by atoms with E-state index < -0.39 is 14.6 Å². The van der Waals surface area contributed by atoms with Gasteiger partial charge in [0.2, 0.25) is 0 Å².